The highest BCUT2D eigenvalue weighted by Gasteiger charge is 2.29. The fourth-order valence-corrected chi connectivity index (χ4v) is 2.96. The Labute approximate surface area is 123 Å². The van der Waals surface area contributed by atoms with Crippen molar-refractivity contribution >= 4 is 5.82 Å². The second kappa shape index (κ2) is 5.72. The van der Waals surface area contributed by atoms with Crippen molar-refractivity contribution in [2.45, 2.75) is 65.5 Å². The molecule has 0 saturated carbocycles. The Morgan fingerprint density at radius 3 is 2.60 bits per heavy atom. The van der Waals surface area contributed by atoms with E-state index in [-0.39, 0.29) is 12.0 Å². The molecule has 1 atom stereocenters. The topological polar surface area (TPSA) is 36.4 Å². The van der Waals surface area contributed by atoms with Gasteiger partial charge in [-0.2, -0.15) is 0 Å². The molecule has 1 unspecified atom stereocenters. The van der Waals surface area contributed by atoms with Gasteiger partial charge in [0.15, 0.2) is 0 Å². The molecule has 0 aromatic carbocycles. The van der Waals surface area contributed by atoms with E-state index in [1.54, 1.807) is 0 Å². The van der Waals surface area contributed by atoms with Crippen molar-refractivity contribution in [3.8, 4) is 0 Å². The monoisotopic (exact) mass is 276 g/mol. The molecule has 0 amide bonds. The Morgan fingerprint density at radius 1 is 1.35 bits per heavy atom. The Hall–Kier alpha value is -1.09. The van der Waals surface area contributed by atoms with Crippen LogP contribution in [0.25, 0.3) is 0 Å². The summed E-state index contributed by atoms with van der Waals surface area (Å²) >= 11 is 0. The smallest absolute Gasteiger partial charge is 0.129 e. The van der Waals surface area contributed by atoms with Crippen molar-refractivity contribution in [1.82, 2.24) is 4.98 Å². The number of hydrogen-bond acceptors (Lipinski definition) is 3. The summed E-state index contributed by atoms with van der Waals surface area (Å²) in [5.41, 5.74) is 2.04. The fraction of sp³-hybridized carbons (Fsp3) is 0.706. The van der Waals surface area contributed by atoms with E-state index in [9.17, 15) is 5.11 Å². The summed E-state index contributed by atoms with van der Waals surface area (Å²) < 4.78 is 0. The lowest BCUT2D eigenvalue weighted by atomic mass is 9.90. The average molecular weight is 276 g/mol. The molecule has 0 bridgehead atoms. The lowest BCUT2D eigenvalue weighted by Gasteiger charge is -2.30. The molecule has 1 N–H and O–H groups in total. The predicted molar refractivity (Wildman–Crippen MR) is 84.1 cm³/mol. The van der Waals surface area contributed by atoms with Gasteiger partial charge in [0, 0.05) is 23.7 Å². The van der Waals surface area contributed by atoms with Crippen molar-refractivity contribution in [3.63, 3.8) is 0 Å². The normalized spacial score (nSPS) is 19.9. The van der Waals surface area contributed by atoms with Gasteiger partial charge in [0.2, 0.25) is 0 Å². The average Bonchev–Trinajstić information content (AvgIpc) is 2.86. The summed E-state index contributed by atoms with van der Waals surface area (Å²) in [4.78, 5) is 7.31. The van der Waals surface area contributed by atoms with E-state index < -0.39 is 0 Å². The van der Waals surface area contributed by atoms with Crippen LogP contribution in [0.1, 0.15) is 58.7 Å². The van der Waals surface area contributed by atoms with Gasteiger partial charge in [-0.15, -0.1) is 0 Å². The minimum Gasteiger partial charge on any atom is -0.392 e. The summed E-state index contributed by atoms with van der Waals surface area (Å²) in [6.07, 6.45) is 2.48. The molecule has 0 spiro atoms. The number of nitrogens with zero attached hydrogens (tertiary/aromatic N) is 2. The molecule has 2 heterocycles. The maximum atomic E-state index is 9.52. The zero-order valence-electron chi connectivity index (χ0n) is 13.5. The van der Waals surface area contributed by atoms with E-state index >= 15 is 0 Å². The number of aliphatic hydroxyl groups excluding tert-OH is 1. The molecule has 1 aliphatic heterocycles. The van der Waals surface area contributed by atoms with Crippen LogP contribution in [-0.2, 0) is 12.0 Å². The van der Waals surface area contributed by atoms with Gasteiger partial charge >= 0.3 is 0 Å². The summed E-state index contributed by atoms with van der Waals surface area (Å²) in [6.45, 7) is 12.2. The highest BCUT2D eigenvalue weighted by molar-refractivity contribution is 5.46. The maximum Gasteiger partial charge on any atom is 0.129 e. The zero-order valence-corrected chi connectivity index (χ0v) is 13.5. The molecule has 1 aromatic rings. The minimum absolute atomic E-state index is 0.00693. The SMILES string of the molecule is CC(C)C1CCCN1c1cc(CO)cc(C(C)(C)C)n1. The Kier molecular flexibility index (Phi) is 4.38. The van der Waals surface area contributed by atoms with Gasteiger partial charge in [0.05, 0.1) is 6.61 Å². The van der Waals surface area contributed by atoms with Crippen LogP contribution in [-0.4, -0.2) is 22.7 Å². The molecule has 0 radical (unpaired) electrons. The van der Waals surface area contributed by atoms with E-state index in [2.05, 4.69) is 45.6 Å². The van der Waals surface area contributed by atoms with Gasteiger partial charge in [-0.25, -0.2) is 4.98 Å². The van der Waals surface area contributed by atoms with Gasteiger partial charge in [0.1, 0.15) is 5.82 Å². The van der Waals surface area contributed by atoms with Gasteiger partial charge in [0.25, 0.3) is 0 Å². The molecule has 1 aliphatic rings. The number of anilines is 1. The highest BCUT2D eigenvalue weighted by Crippen LogP contribution is 2.31. The first kappa shape index (κ1) is 15.3. The lowest BCUT2D eigenvalue weighted by molar-refractivity contribution is 0.281. The third-order valence-electron chi connectivity index (χ3n) is 4.19. The highest BCUT2D eigenvalue weighted by atomic mass is 16.3. The van der Waals surface area contributed by atoms with Crippen molar-refractivity contribution in [3.05, 3.63) is 23.4 Å². The number of pyridine rings is 1. The maximum absolute atomic E-state index is 9.52. The first-order chi connectivity index (χ1) is 9.32. The minimum atomic E-state index is 0.00693. The van der Waals surface area contributed by atoms with Gasteiger partial charge in [-0.1, -0.05) is 34.6 Å². The Morgan fingerprint density at radius 2 is 2.05 bits per heavy atom. The van der Waals surface area contributed by atoms with Gasteiger partial charge < -0.3 is 10.0 Å². The van der Waals surface area contributed by atoms with Crippen LogP contribution in [0.5, 0.6) is 0 Å². The van der Waals surface area contributed by atoms with Crippen LogP contribution < -0.4 is 4.90 Å². The van der Waals surface area contributed by atoms with E-state index in [0.717, 1.165) is 23.6 Å². The molecular formula is C17H28N2O. The molecule has 20 heavy (non-hydrogen) atoms. The summed E-state index contributed by atoms with van der Waals surface area (Å²) in [6, 6.07) is 4.66. The van der Waals surface area contributed by atoms with Crippen LogP contribution >= 0.6 is 0 Å². The molecular weight excluding hydrogens is 248 g/mol. The molecule has 3 nitrogen and oxygen atoms in total. The first-order valence-electron chi connectivity index (χ1n) is 7.72. The largest absolute Gasteiger partial charge is 0.392 e. The molecule has 0 aliphatic carbocycles. The van der Waals surface area contributed by atoms with Crippen LogP contribution in [0.3, 0.4) is 0 Å². The third kappa shape index (κ3) is 3.14. The standard InChI is InChI=1S/C17H28N2O/c1-12(2)14-7-6-8-19(14)16-10-13(11-20)9-15(18-16)17(3,4)5/h9-10,12,14,20H,6-8,11H2,1-5H3. The molecule has 112 valence electrons. The third-order valence-corrected chi connectivity index (χ3v) is 4.19. The number of aliphatic hydroxyl groups is 1. The lowest BCUT2D eigenvalue weighted by Crippen LogP contribution is -2.34. The molecule has 3 heteroatoms. The van der Waals surface area contributed by atoms with Crippen LogP contribution in [0.15, 0.2) is 12.1 Å². The second-order valence-electron chi connectivity index (χ2n) is 7.27. The first-order valence-corrected chi connectivity index (χ1v) is 7.72. The summed E-state index contributed by atoms with van der Waals surface area (Å²) in [7, 11) is 0. The fourth-order valence-electron chi connectivity index (χ4n) is 2.96. The van der Waals surface area contributed by atoms with Crippen molar-refractivity contribution in [2.75, 3.05) is 11.4 Å². The van der Waals surface area contributed by atoms with E-state index in [0.29, 0.717) is 12.0 Å². The summed E-state index contributed by atoms with van der Waals surface area (Å²) in [5, 5.41) is 9.52. The Balaban J connectivity index is 2.40. The molecule has 1 aromatic heterocycles. The zero-order chi connectivity index (χ0) is 14.9. The molecule has 1 saturated heterocycles. The van der Waals surface area contributed by atoms with E-state index in [1.807, 2.05) is 6.07 Å². The van der Waals surface area contributed by atoms with Crippen LogP contribution in [0, 0.1) is 5.92 Å². The number of hydrogen-bond donors (Lipinski definition) is 1. The van der Waals surface area contributed by atoms with Gasteiger partial charge in [-0.05, 0) is 36.5 Å². The van der Waals surface area contributed by atoms with Crippen molar-refractivity contribution in [2.24, 2.45) is 5.92 Å². The van der Waals surface area contributed by atoms with Crippen molar-refractivity contribution in [1.29, 1.82) is 0 Å². The second-order valence-corrected chi connectivity index (χ2v) is 7.27. The number of aromatic nitrogens is 1. The van der Waals surface area contributed by atoms with Crippen molar-refractivity contribution < 1.29 is 5.11 Å². The summed E-state index contributed by atoms with van der Waals surface area (Å²) in [5.74, 6) is 1.67. The van der Waals surface area contributed by atoms with E-state index in [1.165, 1.54) is 12.8 Å². The predicted octanol–water partition coefficient (Wildman–Crippen LogP) is 3.50. The van der Waals surface area contributed by atoms with E-state index in [4.69, 9.17) is 4.98 Å². The molecule has 1 fully saturated rings. The van der Waals surface area contributed by atoms with Crippen LogP contribution in [0.2, 0.25) is 0 Å². The Bertz CT molecular complexity index is 463. The number of rotatable bonds is 3. The molecule has 2 rings (SSSR count). The van der Waals surface area contributed by atoms with Crippen LogP contribution in [0.4, 0.5) is 5.82 Å². The van der Waals surface area contributed by atoms with Gasteiger partial charge in [-0.3, -0.25) is 0 Å². The quantitative estimate of drug-likeness (QED) is 0.918.